The first-order valence-electron chi connectivity index (χ1n) is 5.37. The molecule has 0 aliphatic carbocycles. The third-order valence-electron chi connectivity index (χ3n) is 2.67. The molecule has 0 saturated carbocycles. The molecular weight excluding hydrogens is 148 g/mol. The Kier molecular flexibility index (Phi) is 5.37. The maximum Gasteiger partial charge on any atom is 0.00670 e. The van der Waals surface area contributed by atoms with Gasteiger partial charge in [0.2, 0.25) is 0 Å². The summed E-state index contributed by atoms with van der Waals surface area (Å²) in [5, 5.41) is 3.60. The molecule has 2 nitrogen and oxygen atoms in total. The Bertz CT molecular complexity index is 96.0. The van der Waals surface area contributed by atoms with Gasteiger partial charge in [0.05, 0.1) is 0 Å². The van der Waals surface area contributed by atoms with E-state index in [1.807, 2.05) is 0 Å². The van der Waals surface area contributed by atoms with Crippen LogP contribution < -0.4 is 11.1 Å². The minimum Gasteiger partial charge on any atom is -0.330 e. The zero-order chi connectivity index (χ0) is 8.65. The highest BCUT2D eigenvalue weighted by atomic mass is 14.9. The van der Waals surface area contributed by atoms with Gasteiger partial charge in [0.1, 0.15) is 0 Å². The van der Waals surface area contributed by atoms with Gasteiger partial charge < -0.3 is 11.1 Å². The van der Waals surface area contributed by atoms with Crippen molar-refractivity contribution in [1.29, 1.82) is 0 Å². The molecule has 1 heterocycles. The van der Waals surface area contributed by atoms with Gasteiger partial charge in [-0.1, -0.05) is 19.3 Å². The first-order chi connectivity index (χ1) is 5.93. The second-order valence-corrected chi connectivity index (χ2v) is 3.78. The first-order valence-corrected chi connectivity index (χ1v) is 5.37. The van der Waals surface area contributed by atoms with Gasteiger partial charge in [-0.25, -0.2) is 0 Å². The molecule has 12 heavy (non-hydrogen) atoms. The second-order valence-electron chi connectivity index (χ2n) is 3.78. The summed E-state index contributed by atoms with van der Waals surface area (Å²) in [6.45, 7) is 2.08. The van der Waals surface area contributed by atoms with E-state index in [2.05, 4.69) is 5.32 Å². The van der Waals surface area contributed by atoms with E-state index in [1.165, 1.54) is 51.5 Å². The number of nitrogens with two attached hydrogens (primary N) is 1. The predicted molar refractivity (Wildman–Crippen MR) is 53.2 cm³/mol. The smallest absolute Gasteiger partial charge is 0.00670 e. The van der Waals surface area contributed by atoms with Crippen LogP contribution in [-0.2, 0) is 0 Å². The third kappa shape index (κ3) is 4.07. The molecule has 0 aromatic carbocycles. The lowest BCUT2D eigenvalue weighted by Gasteiger charge is -2.14. The maximum atomic E-state index is 5.45. The summed E-state index contributed by atoms with van der Waals surface area (Å²) in [6.07, 6.45) is 9.40. The van der Waals surface area contributed by atoms with E-state index in [0.29, 0.717) is 0 Å². The van der Waals surface area contributed by atoms with Gasteiger partial charge in [0.25, 0.3) is 0 Å². The van der Waals surface area contributed by atoms with Crippen molar-refractivity contribution >= 4 is 0 Å². The lowest BCUT2D eigenvalue weighted by Crippen LogP contribution is -2.28. The normalized spacial score (nSPS) is 25.2. The standard InChI is InChI=1S/C10H22N2/c11-8-4-3-7-10-6-2-1-5-9-12-10/h10,12H,1-9,11H2. The first kappa shape index (κ1) is 10.0. The molecule has 72 valence electrons. The highest BCUT2D eigenvalue weighted by molar-refractivity contribution is 4.70. The van der Waals surface area contributed by atoms with Crippen LogP contribution in [0.25, 0.3) is 0 Å². The summed E-state index contributed by atoms with van der Waals surface area (Å²) >= 11 is 0. The van der Waals surface area contributed by atoms with Crippen LogP contribution in [0, 0.1) is 0 Å². The Morgan fingerprint density at radius 3 is 2.92 bits per heavy atom. The molecule has 3 N–H and O–H groups in total. The molecule has 0 spiro atoms. The molecule has 0 aromatic heterocycles. The lowest BCUT2D eigenvalue weighted by molar-refractivity contribution is 0.459. The quantitative estimate of drug-likeness (QED) is 0.630. The summed E-state index contributed by atoms with van der Waals surface area (Å²) in [7, 11) is 0. The number of hydrogen-bond donors (Lipinski definition) is 2. The molecule has 1 saturated heterocycles. The van der Waals surface area contributed by atoms with E-state index in [9.17, 15) is 0 Å². The summed E-state index contributed by atoms with van der Waals surface area (Å²) in [6, 6.07) is 0.791. The van der Waals surface area contributed by atoms with Crippen LogP contribution in [0.4, 0.5) is 0 Å². The van der Waals surface area contributed by atoms with Crippen LogP contribution in [0.3, 0.4) is 0 Å². The molecule has 1 atom stereocenters. The molecule has 1 rings (SSSR count). The van der Waals surface area contributed by atoms with Crippen molar-refractivity contribution in [2.45, 2.75) is 51.0 Å². The van der Waals surface area contributed by atoms with Crippen molar-refractivity contribution in [3.05, 3.63) is 0 Å². The molecule has 0 aromatic rings. The topological polar surface area (TPSA) is 38.0 Å². The fourth-order valence-corrected chi connectivity index (χ4v) is 1.88. The van der Waals surface area contributed by atoms with E-state index in [4.69, 9.17) is 5.73 Å². The van der Waals surface area contributed by atoms with Crippen molar-refractivity contribution in [2.24, 2.45) is 5.73 Å². The van der Waals surface area contributed by atoms with Crippen LogP contribution in [0.2, 0.25) is 0 Å². The molecule has 1 fully saturated rings. The number of rotatable bonds is 4. The molecule has 0 bridgehead atoms. The van der Waals surface area contributed by atoms with Crippen LogP contribution in [0.1, 0.15) is 44.9 Å². The largest absolute Gasteiger partial charge is 0.330 e. The van der Waals surface area contributed by atoms with Gasteiger partial charge in [0.15, 0.2) is 0 Å². The van der Waals surface area contributed by atoms with Gasteiger partial charge in [0, 0.05) is 6.04 Å². The summed E-state index contributed by atoms with van der Waals surface area (Å²) < 4.78 is 0. The Morgan fingerprint density at radius 1 is 1.17 bits per heavy atom. The molecule has 1 aliphatic heterocycles. The van der Waals surface area contributed by atoms with Gasteiger partial charge in [-0.2, -0.15) is 0 Å². The molecule has 1 aliphatic rings. The predicted octanol–water partition coefficient (Wildman–Crippen LogP) is 1.65. The van der Waals surface area contributed by atoms with E-state index < -0.39 is 0 Å². The van der Waals surface area contributed by atoms with E-state index in [-0.39, 0.29) is 0 Å². The minimum absolute atomic E-state index is 0.791. The van der Waals surface area contributed by atoms with Crippen molar-refractivity contribution in [2.75, 3.05) is 13.1 Å². The zero-order valence-electron chi connectivity index (χ0n) is 8.02. The molecular formula is C10H22N2. The fourth-order valence-electron chi connectivity index (χ4n) is 1.88. The molecule has 1 unspecified atom stereocenters. The number of hydrogen-bond acceptors (Lipinski definition) is 2. The van der Waals surface area contributed by atoms with Crippen molar-refractivity contribution in [3.63, 3.8) is 0 Å². The summed E-state index contributed by atoms with van der Waals surface area (Å²) in [4.78, 5) is 0. The average molecular weight is 170 g/mol. The van der Waals surface area contributed by atoms with Crippen LogP contribution >= 0.6 is 0 Å². The Labute approximate surface area is 75.9 Å². The van der Waals surface area contributed by atoms with Gasteiger partial charge in [-0.05, 0) is 38.8 Å². The van der Waals surface area contributed by atoms with Crippen molar-refractivity contribution in [1.82, 2.24) is 5.32 Å². The zero-order valence-corrected chi connectivity index (χ0v) is 8.02. The monoisotopic (exact) mass is 170 g/mol. The van der Waals surface area contributed by atoms with E-state index in [0.717, 1.165) is 12.6 Å². The van der Waals surface area contributed by atoms with Crippen molar-refractivity contribution < 1.29 is 0 Å². The van der Waals surface area contributed by atoms with Gasteiger partial charge in [-0.3, -0.25) is 0 Å². The number of nitrogens with one attached hydrogen (secondary N) is 1. The summed E-state index contributed by atoms with van der Waals surface area (Å²) in [5.74, 6) is 0. The van der Waals surface area contributed by atoms with E-state index >= 15 is 0 Å². The third-order valence-corrected chi connectivity index (χ3v) is 2.67. The Balaban J connectivity index is 2.04. The molecule has 0 amide bonds. The Hall–Kier alpha value is -0.0800. The highest BCUT2D eigenvalue weighted by Gasteiger charge is 2.09. The van der Waals surface area contributed by atoms with Crippen LogP contribution in [0.5, 0.6) is 0 Å². The molecule has 2 heteroatoms. The number of unbranched alkanes of at least 4 members (excludes halogenated alkanes) is 1. The Morgan fingerprint density at radius 2 is 2.08 bits per heavy atom. The fraction of sp³-hybridized carbons (Fsp3) is 1.00. The van der Waals surface area contributed by atoms with Crippen molar-refractivity contribution in [3.8, 4) is 0 Å². The van der Waals surface area contributed by atoms with Crippen LogP contribution in [-0.4, -0.2) is 19.1 Å². The van der Waals surface area contributed by atoms with Gasteiger partial charge in [-0.15, -0.1) is 0 Å². The minimum atomic E-state index is 0.791. The molecule has 0 radical (unpaired) electrons. The highest BCUT2D eigenvalue weighted by Crippen LogP contribution is 2.12. The van der Waals surface area contributed by atoms with E-state index in [1.54, 1.807) is 0 Å². The summed E-state index contributed by atoms with van der Waals surface area (Å²) in [5.41, 5.74) is 5.45. The van der Waals surface area contributed by atoms with Crippen LogP contribution in [0.15, 0.2) is 0 Å². The average Bonchev–Trinajstić information content (AvgIpc) is 2.33. The second kappa shape index (κ2) is 6.44. The lowest BCUT2D eigenvalue weighted by atomic mass is 10.0. The maximum absolute atomic E-state index is 5.45. The SMILES string of the molecule is NCCCCC1CCCCCN1. The van der Waals surface area contributed by atoms with Gasteiger partial charge >= 0.3 is 0 Å².